The lowest BCUT2D eigenvalue weighted by atomic mass is 10.1. The average molecular weight is 305 g/mol. The standard InChI is InChI=1S/C14H9ClN2O2S/c1-7-2-3-8-5-9(12(15)16-10(8)4-7)6-11-13(18)17-14(19)20-11/h2-6H,1H3,(H,17,18,19)/b11-6-. The summed E-state index contributed by atoms with van der Waals surface area (Å²) in [4.78, 5) is 27.3. The third-order valence-electron chi connectivity index (χ3n) is 2.88. The highest BCUT2D eigenvalue weighted by atomic mass is 35.5. The van der Waals surface area contributed by atoms with Crippen molar-refractivity contribution in [3.63, 3.8) is 0 Å². The van der Waals surface area contributed by atoms with E-state index < -0.39 is 5.91 Å². The first-order valence-corrected chi connectivity index (χ1v) is 7.04. The third-order valence-corrected chi connectivity index (χ3v) is 4.00. The summed E-state index contributed by atoms with van der Waals surface area (Å²) < 4.78 is 0. The zero-order valence-corrected chi connectivity index (χ0v) is 12.0. The van der Waals surface area contributed by atoms with Gasteiger partial charge in [-0.3, -0.25) is 14.9 Å². The molecule has 0 saturated carbocycles. The lowest BCUT2D eigenvalue weighted by molar-refractivity contribution is -0.115. The largest absolute Gasteiger partial charge is 0.290 e. The van der Waals surface area contributed by atoms with E-state index in [-0.39, 0.29) is 5.24 Å². The Balaban J connectivity index is 2.10. The molecule has 3 rings (SSSR count). The molecule has 20 heavy (non-hydrogen) atoms. The van der Waals surface area contributed by atoms with E-state index in [1.165, 1.54) is 0 Å². The SMILES string of the molecule is Cc1ccc2cc(/C=C3\SC(=O)NC3=O)c(Cl)nc2c1. The summed E-state index contributed by atoms with van der Waals surface area (Å²) in [5, 5.41) is 3.07. The van der Waals surface area contributed by atoms with Crippen LogP contribution in [0, 0.1) is 6.92 Å². The van der Waals surface area contributed by atoms with Gasteiger partial charge in [-0.15, -0.1) is 0 Å². The fourth-order valence-corrected chi connectivity index (χ4v) is 2.81. The molecule has 6 heteroatoms. The second-order valence-electron chi connectivity index (χ2n) is 4.42. The van der Waals surface area contributed by atoms with Crippen molar-refractivity contribution in [3.05, 3.63) is 45.5 Å². The molecule has 1 aliphatic heterocycles. The van der Waals surface area contributed by atoms with Crippen LogP contribution in [0.4, 0.5) is 4.79 Å². The molecule has 2 amide bonds. The number of hydrogen-bond donors (Lipinski definition) is 1. The number of aryl methyl sites for hydroxylation is 1. The summed E-state index contributed by atoms with van der Waals surface area (Å²) in [5.41, 5.74) is 2.52. The Morgan fingerprint density at radius 1 is 1.30 bits per heavy atom. The van der Waals surface area contributed by atoms with Crippen LogP contribution in [0.15, 0.2) is 29.2 Å². The fourth-order valence-electron chi connectivity index (χ4n) is 1.93. The molecule has 0 radical (unpaired) electrons. The van der Waals surface area contributed by atoms with Gasteiger partial charge in [0.15, 0.2) is 0 Å². The first-order chi connectivity index (χ1) is 9.52. The predicted molar refractivity (Wildman–Crippen MR) is 80.6 cm³/mol. The second-order valence-corrected chi connectivity index (χ2v) is 5.79. The number of thioether (sulfide) groups is 1. The molecule has 1 aromatic heterocycles. The molecule has 0 atom stereocenters. The average Bonchev–Trinajstić information content (AvgIpc) is 2.69. The number of amides is 2. The molecule has 0 spiro atoms. The maximum absolute atomic E-state index is 11.5. The van der Waals surface area contributed by atoms with Crippen molar-refractivity contribution in [1.82, 2.24) is 10.3 Å². The number of carbonyl (C=O) groups is 2. The maximum Gasteiger partial charge on any atom is 0.290 e. The molecule has 0 aliphatic carbocycles. The van der Waals surface area contributed by atoms with Gasteiger partial charge >= 0.3 is 0 Å². The molecule has 100 valence electrons. The molecule has 2 aromatic rings. The van der Waals surface area contributed by atoms with Crippen LogP contribution in [0.2, 0.25) is 5.15 Å². The molecule has 1 fully saturated rings. The molecular weight excluding hydrogens is 296 g/mol. The topological polar surface area (TPSA) is 59.1 Å². The number of aromatic nitrogens is 1. The van der Waals surface area contributed by atoms with Gasteiger partial charge in [-0.2, -0.15) is 0 Å². The Hall–Kier alpha value is -1.85. The van der Waals surface area contributed by atoms with E-state index in [1.807, 2.05) is 31.2 Å². The molecule has 1 N–H and O–H groups in total. The van der Waals surface area contributed by atoms with Gasteiger partial charge in [0.05, 0.1) is 10.4 Å². The highest BCUT2D eigenvalue weighted by molar-refractivity contribution is 8.18. The zero-order chi connectivity index (χ0) is 14.3. The molecule has 0 bridgehead atoms. The predicted octanol–water partition coefficient (Wildman–Crippen LogP) is 3.52. The van der Waals surface area contributed by atoms with Crippen LogP contribution in [-0.2, 0) is 4.79 Å². The van der Waals surface area contributed by atoms with Crippen molar-refractivity contribution < 1.29 is 9.59 Å². The first kappa shape index (κ1) is 13.1. The summed E-state index contributed by atoms with van der Waals surface area (Å²) in [6, 6.07) is 7.73. The Morgan fingerprint density at radius 3 is 2.80 bits per heavy atom. The molecule has 1 aromatic carbocycles. The molecule has 4 nitrogen and oxygen atoms in total. The van der Waals surface area contributed by atoms with E-state index in [2.05, 4.69) is 10.3 Å². The third kappa shape index (κ3) is 2.42. The van der Waals surface area contributed by atoms with Crippen LogP contribution in [0.25, 0.3) is 17.0 Å². The molecular formula is C14H9ClN2O2S. The van der Waals surface area contributed by atoms with Crippen molar-refractivity contribution in [2.75, 3.05) is 0 Å². The minimum Gasteiger partial charge on any atom is -0.282 e. The summed E-state index contributed by atoms with van der Waals surface area (Å²) in [6.07, 6.45) is 1.58. The van der Waals surface area contributed by atoms with Gasteiger partial charge in [-0.25, -0.2) is 4.98 Å². The minimum absolute atomic E-state index is 0.309. The molecule has 1 aliphatic rings. The number of hydrogen-bond acceptors (Lipinski definition) is 4. The van der Waals surface area contributed by atoms with Gasteiger partial charge in [0.25, 0.3) is 11.1 Å². The maximum atomic E-state index is 11.5. The van der Waals surface area contributed by atoms with Crippen LogP contribution in [0.3, 0.4) is 0 Å². The van der Waals surface area contributed by atoms with Crippen molar-refractivity contribution in [1.29, 1.82) is 0 Å². The first-order valence-electron chi connectivity index (χ1n) is 5.85. The molecule has 1 saturated heterocycles. The quantitative estimate of drug-likeness (QED) is 0.647. The van der Waals surface area contributed by atoms with Crippen LogP contribution in [0.1, 0.15) is 11.1 Å². The van der Waals surface area contributed by atoms with Crippen molar-refractivity contribution in [3.8, 4) is 0 Å². The lowest BCUT2D eigenvalue weighted by Crippen LogP contribution is -2.17. The van der Waals surface area contributed by atoms with Crippen LogP contribution in [0.5, 0.6) is 0 Å². The van der Waals surface area contributed by atoms with Gasteiger partial charge in [0.1, 0.15) is 5.15 Å². The van der Waals surface area contributed by atoms with Crippen LogP contribution in [-0.4, -0.2) is 16.1 Å². The van der Waals surface area contributed by atoms with Gasteiger partial charge in [0.2, 0.25) is 0 Å². The summed E-state index contributed by atoms with van der Waals surface area (Å²) >= 11 is 7.00. The number of carbonyl (C=O) groups excluding carboxylic acids is 2. The monoisotopic (exact) mass is 304 g/mol. The smallest absolute Gasteiger partial charge is 0.282 e. The Bertz CT molecular complexity index is 786. The van der Waals surface area contributed by atoms with Crippen LogP contribution < -0.4 is 5.32 Å². The number of pyridine rings is 1. The Labute approximate surface area is 124 Å². The van der Waals surface area contributed by atoms with Gasteiger partial charge < -0.3 is 0 Å². The van der Waals surface area contributed by atoms with E-state index in [0.29, 0.717) is 15.6 Å². The van der Waals surface area contributed by atoms with Gasteiger partial charge in [-0.1, -0.05) is 23.7 Å². The highest BCUT2D eigenvalue weighted by Gasteiger charge is 2.25. The number of fused-ring (bicyclic) bond motifs is 1. The van der Waals surface area contributed by atoms with Crippen molar-refractivity contribution in [2.24, 2.45) is 0 Å². The van der Waals surface area contributed by atoms with Crippen molar-refractivity contribution in [2.45, 2.75) is 6.92 Å². The van der Waals surface area contributed by atoms with E-state index in [9.17, 15) is 9.59 Å². The normalized spacial score (nSPS) is 17.0. The Kier molecular flexibility index (Phi) is 3.23. The number of halogens is 1. The second kappa shape index (κ2) is 4.92. The summed E-state index contributed by atoms with van der Waals surface area (Å²) in [7, 11) is 0. The zero-order valence-electron chi connectivity index (χ0n) is 10.4. The van der Waals surface area contributed by atoms with Gasteiger partial charge in [0, 0.05) is 10.9 Å². The van der Waals surface area contributed by atoms with E-state index in [0.717, 1.165) is 28.2 Å². The number of nitrogens with one attached hydrogen (secondary N) is 1. The number of rotatable bonds is 1. The number of imide groups is 1. The highest BCUT2D eigenvalue weighted by Crippen LogP contribution is 2.29. The fraction of sp³-hybridized carbons (Fsp3) is 0.0714. The van der Waals surface area contributed by atoms with E-state index in [4.69, 9.17) is 11.6 Å². The summed E-state index contributed by atoms with van der Waals surface area (Å²) in [5.74, 6) is -0.403. The van der Waals surface area contributed by atoms with Gasteiger partial charge in [-0.05, 0) is 42.5 Å². The molecule has 0 unspecified atom stereocenters. The Morgan fingerprint density at radius 2 is 2.10 bits per heavy atom. The summed E-state index contributed by atoms with van der Waals surface area (Å²) in [6.45, 7) is 1.98. The van der Waals surface area contributed by atoms with E-state index >= 15 is 0 Å². The van der Waals surface area contributed by atoms with E-state index in [1.54, 1.807) is 6.08 Å². The molecule has 2 heterocycles. The van der Waals surface area contributed by atoms with Crippen molar-refractivity contribution >= 4 is 51.5 Å². The number of benzene rings is 1. The lowest BCUT2D eigenvalue weighted by Gasteiger charge is -2.03. The minimum atomic E-state index is -0.403. The number of nitrogens with zero attached hydrogens (tertiary/aromatic N) is 1. The van der Waals surface area contributed by atoms with Crippen LogP contribution >= 0.6 is 23.4 Å².